The van der Waals surface area contributed by atoms with Gasteiger partial charge < -0.3 is 5.32 Å². The zero-order valence-electron chi connectivity index (χ0n) is 11.2. The minimum atomic E-state index is -0.500. The highest BCUT2D eigenvalue weighted by Crippen LogP contribution is 2.30. The van der Waals surface area contributed by atoms with Crippen LogP contribution in [0.5, 0.6) is 0 Å². The van der Waals surface area contributed by atoms with Gasteiger partial charge in [0.25, 0.3) is 0 Å². The molecule has 0 atom stereocenters. The summed E-state index contributed by atoms with van der Waals surface area (Å²) in [5.41, 5.74) is 2.29. The van der Waals surface area contributed by atoms with Crippen LogP contribution >= 0.6 is 0 Å². The van der Waals surface area contributed by atoms with E-state index in [1.54, 1.807) is 19.1 Å². The van der Waals surface area contributed by atoms with E-state index < -0.39 is 4.92 Å². The van der Waals surface area contributed by atoms with Gasteiger partial charge in [-0.05, 0) is 20.8 Å². The first kappa shape index (κ1) is 14.1. The Balaban J connectivity index is 3.22. The van der Waals surface area contributed by atoms with E-state index in [9.17, 15) is 10.1 Å². The summed E-state index contributed by atoms with van der Waals surface area (Å²) in [5.74, 6) is 0.360. The van der Waals surface area contributed by atoms with Crippen LogP contribution in [0.4, 0.5) is 17.3 Å². The number of hydrazine groups is 1. The predicted octanol–water partition coefficient (Wildman–Crippen LogP) is 1.48. The first-order valence-corrected chi connectivity index (χ1v) is 5.42. The number of rotatable bonds is 4. The van der Waals surface area contributed by atoms with Crippen molar-refractivity contribution >= 4 is 17.3 Å². The fourth-order valence-corrected chi connectivity index (χ4v) is 1.29. The van der Waals surface area contributed by atoms with Crippen LogP contribution in [-0.4, -0.2) is 39.5 Å². The molecule has 0 bridgehead atoms. The average molecular weight is 254 g/mol. The molecular weight excluding hydrogens is 236 g/mol. The van der Waals surface area contributed by atoms with Crippen molar-refractivity contribution in [1.29, 1.82) is 0 Å². The molecule has 0 radical (unpaired) electrons. The van der Waals surface area contributed by atoms with Gasteiger partial charge >= 0.3 is 5.69 Å². The molecule has 0 amide bonds. The van der Waals surface area contributed by atoms with E-state index in [1.807, 2.05) is 20.8 Å². The third kappa shape index (κ3) is 3.81. The van der Waals surface area contributed by atoms with E-state index in [-0.39, 0.29) is 22.9 Å². The summed E-state index contributed by atoms with van der Waals surface area (Å²) in [6.07, 6.45) is 1.28. The van der Waals surface area contributed by atoms with Crippen LogP contribution in [0.3, 0.4) is 0 Å². The third-order valence-electron chi connectivity index (χ3n) is 1.83. The maximum Gasteiger partial charge on any atom is 0.354 e. The second kappa shape index (κ2) is 5.13. The van der Waals surface area contributed by atoms with Gasteiger partial charge in [0.2, 0.25) is 11.6 Å². The Morgan fingerprint density at radius 2 is 1.83 bits per heavy atom. The molecule has 0 aromatic carbocycles. The summed E-state index contributed by atoms with van der Waals surface area (Å²) in [5, 5.41) is 15.7. The van der Waals surface area contributed by atoms with Crippen molar-refractivity contribution in [2.75, 3.05) is 24.8 Å². The van der Waals surface area contributed by atoms with Gasteiger partial charge in [-0.1, -0.05) is 0 Å². The molecule has 1 heterocycles. The molecule has 0 aliphatic carbocycles. The van der Waals surface area contributed by atoms with Gasteiger partial charge in [-0.15, -0.1) is 0 Å². The molecule has 0 unspecified atom stereocenters. The van der Waals surface area contributed by atoms with E-state index in [0.29, 0.717) is 0 Å². The summed E-state index contributed by atoms with van der Waals surface area (Å²) in [6.45, 7) is 5.70. The van der Waals surface area contributed by atoms with Crippen molar-refractivity contribution in [2.24, 2.45) is 0 Å². The fourth-order valence-electron chi connectivity index (χ4n) is 1.29. The molecule has 0 saturated carbocycles. The second-order valence-corrected chi connectivity index (χ2v) is 5.06. The number of nitrogens with zero attached hydrogens (tertiary/aromatic N) is 4. The zero-order valence-corrected chi connectivity index (χ0v) is 11.2. The molecule has 8 nitrogen and oxygen atoms in total. The van der Waals surface area contributed by atoms with Gasteiger partial charge in [-0.3, -0.25) is 15.5 Å². The minimum Gasteiger partial charge on any atom is -0.360 e. The highest BCUT2D eigenvalue weighted by molar-refractivity contribution is 5.69. The van der Waals surface area contributed by atoms with E-state index in [2.05, 4.69) is 20.7 Å². The standard InChI is InChI=1S/C10H18N6O2/c1-10(2,3)13-8-7(16(17)18)9(12-6-11-8)14-15(4)5/h6H,1-5H3,(H2,11,12,13,14). The maximum atomic E-state index is 11.1. The Kier molecular flexibility index (Phi) is 4.02. The lowest BCUT2D eigenvalue weighted by molar-refractivity contribution is -0.383. The molecule has 2 N–H and O–H groups in total. The Morgan fingerprint density at radius 3 is 2.28 bits per heavy atom. The molecule has 0 aliphatic heterocycles. The van der Waals surface area contributed by atoms with Crippen LogP contribution in [-0.2, 0) is 0 Å². The smallest absolute Gasteiger partial charge is 0.354 e. The van der Waals surface area contributed by atoms with E-state index in [0.717, 1.165) is 0 Å². The van der Waals surface area contributed by atoms with Crippen LogP contribution in [0.25, 0.3) is 0 Å². The Morgan fingerprint density at radius 1 is 1.28 bits per heavy atom. The fraction of sp³-hybridized carbons (Fsp3) is 0.600. The van der Waals surface area contributed by atoms with Crippen LogP contribution in [0.1, 0.15) is 20.8 Å². The van der Waals surface area contributed by atoms with Gasteiger partial charge in [0.15, 0.2) is 0 Å². The molecular formula is C10H18N6O2. The van der Waals surface area contributed by atoms with Crippen molar-refractivity contribution in [3.05, 3.63) is 16.4 Å². The average Bonchev–Trinajstić information content (AvgIpc) is 2.13. The first-order valence-electron chi connectivity index (χ1n) is 5.42. The molecule has 0 saturated heterocycles. The maximum absolute atomic E-state index is 11.1. The van der Waals surface area contributed by atoms with Crippen LogP contribution in [0.15, 0.2) is 6.33 Å². The third-order valence-corrected chi connectivity index (χ3v) is 1.83. The summed E-state index contributed by atoms with van der Waals surface area (Å²) in [4.78, 5) is 18.5. The number of aromatic nitrogens is 2. The molecule has 1 aromatic heterocycles. The molecule has 0 spiro atoms. The normalized spacial score (nSPS) is 11.4. The molecule has 0 aliphatic rings. The predicted molar refractivity (Wildman–Crippen MR) is 69.4 cm³/mol. The van der Waals surface area contributed by atoms with Crippen molar-refractivity contribution in [1.82, 2.24) is 15.0 Å². The topological polar surface area (TPSA) is 96.2 Å². The molecule has 8 heteroatoms. The Hall–Kier alpha value is -1.96. The molecule has 18 heavy (non-hydrogen) atoms. The van der Waals surface area contributed by atoms with Gasteiger partial charge in [-0.2, -0.15) is 0 Å². The van der Waals surface area contributed by atoms with Gasteiger partial charge in [-0.25, -0.2) is 15.0 Å². The second-order valence-electron chi connectivity index (χ2n) is 5.06. The van der Waals surface area contributed by atoms with Gasteiger partial charge in [0.1, 0.15) is 6.33 Å². The molecule has 1 aromatic rings. The number of hydrogen-bond donors (Lipinski definition) is 2. The number of nitro groups is 1. The lowest BCUT2D eigenvalue weighted by Crippen LogP contribution is -2.28. The van der Waals surface area contributed by atoms with E-state index in [4.69, 9.17) is 0 Å². The molecule has 1 rings (SSSR count). The summed E-state index contributed by atoms with van der Waals surface area (Å²) in [6, 6.07) is 0. The van der Waals surface area contributed by atoms with Gasteiger partial charge in [0, 0.05) is 19.6 Å². The molecule has 100 valence electrons. The van der Waals surface area contributed by atoms with Crippen LogP contribution < -0.4 is 10.7 Å². The van der Waals surface area contributed by atoms with Crippen molar-refractivity contribution in [3.63, 3.8) is 0 Å². The van der Waals surface area contributed by atoms with Crippen molar-refractivity contribution in [3.8, 4) is 0 Å². The Labute approximate surface area is 106 Å². The minimum absolute atomic E-state index is 0.159. The zero-order chi connectivity index (χ0) is 13.9. The lowest BCUT2D eigenvalue weighted by Gasteiger charge is -2.21. The van der Waals surface area contributed by atoms with E-state index in [1.165, 1.54) is 6.33 Å². The summed E-state index contributed by atoms with van der Waals surface area (Å²) in [7, 11) is 3.45. The quantitative estimate of drug-likeness (QED) is 0.620. The van der Waals surface area contributed by atoms with Crippen molar-refractivity contribution in [2.45, 2.75) is 26.3 Å². The number of nitrogens with one attached hydrogen (secondary N) is 2. The first-order chi connectivity index (χ1) is 8.20. The Bertz CT molecular complexity index is 440. The lowest BCUT2D eigenvalue weighted by atomic mass is 10.1. The molecule has 0 fully saturated rings. The number of hydrogen-bond acceptors (Lipinski definition) is 7. The van der Waals surface area contributed by atoms with Crippen LogP contribution in [0, 0.1) is 10.1 Å². The SMILES string of the molecule is CN(C)Nc1ncnc(NC(C)(C)C)c1[N+](=O)[O-]. The highest BCUT2D eigenvalue weighted by atomic mass is 16.6. The highest BCUT2D eigenvalue weighted by Gasteiger charge is 2.25. The van der Waals surface area contributed by atoms with Crippen LogP contribution in [0.2, 0.25) is 0 Å². The summed E-state index contributed by atoms with van der Waals surface area (Å²) >= 11 is 0. The summed E-state index contributed by atoms with van der Waals surface area (Å²) < 4.78 is 0. The van der Waals surface area contributed by atoms with Crippen molar-refractivity contribution < 1.29 is 4.92 Å². The number of anilines is 2. The van der Waals surface area contributed by atoms with E-state index >= 15 is 0 Å². The monoisotopic (exact) mass is 254 g/mol. The largest absolute Gasteiger partial charge is 0.360 e. The van der Waals surface area contributed by atoms with Gasteiger partial charge in [0.05, 0.1) is 4.92 Å².